The number of rotatable bonds is 6. The Bertz CT molecular complexity index is 868. The molecule has 0 radical (unpaired) electrons. The minimum Gasteiger partial charge on any atom is -0.326 e. The third-order valence-corrected chi connectivity index (χ3v) is 6.82. The molecular weight excluding hydrogens is 427 g/mol. The summed E-state index contributed by atoms with van der Waals surface area (Å²) in [5.74, 6) is 0.116. The highest BCUT2D eigenvalue weighted by Gasteiger charge is 2.21. The lowest BCUT2D eigenvalue weighted by atomic mass is 9.88. The number of nitrogens with one attached hydrogen (secondary N) is 2. The van der Waals surface area contributed by atoms with Gasteiger partial charge in [-0.05, 0) is 62.2 Å². The van der Waals surface area contributed by atoms with Crippen LogP contribution in [0, 0.1) is 5.92 Å². The van der Waals surface area contributed by atoms with Gasteiger partial charge in [-0.1, -0.05) is 42.5 Å². The Kier molecular flexibility index (Phi) is 7.87. The van der Waals surface area contributed by atoms with Crippen LogP contribution in [0.25, 0.3) is 0 Å². The standard InChI is InChI=1S/C22H24Cl2N2O2S/c1-14(21(27)26-17-9-12-19(23)20(24)13-17)29-18-10-7-16(8-11-18)25-22(28)15-5-3-2-4-6-15/h7-15H,2-6H2,1H3,(H,25,28)(H,26,27). The molecule has 0 bridgehead atoms. The van der Waals surface area contributed by atoms with Crippen molar-refractivity contribution in [3.63, 3.8) is 0 Å². The number of carbonyl (C=O) groups excluding carboxylic acids is 2. The molecule has 1 unspecified atom stereocenters. The van der Waals surface area contributed by atoms with E-state index in [2.05, 4.69) is 10.6 Å². The van der Waals surface area contributed by atoms with Crippen LogP contribution < -0.4 is 10.6 Å². The first-order valence-corrected chi connectivity index (χ1v) is 11.4. The van der Waals surface area contributed by atoms with Gasteiger partial charge in [-0.25, -0.2) is 0 Å². The van der Waals surface area contributed by atoms with E-state index in [-0.39, 0.29) is 23.0 Å². The molecule has 2 amide bonds. The van der Waals surface area contributed by atoms with Crippen molar-refractivity contribution in [3.8, 4) is 0 Å². The average Bonchev–Trinajstić information content (AvgIpc) is 2.72. The summed E-state index contributed by atoms with van der Waals surface area (Å²) in [6.07, 6.45) is 5.45. The number of hydrogen-bond acceptors (Lipinski definition) is 3. The topological polar surface area (TPSA) is 58.2 Å². The largest absolute Gasteiger partial charge is 0.326 e. The number of anilines is 2. The predicted molar refractivity (Wildman–Crippen MR) is 122 cm³/mol. The van der Waals surface area contributed by atoms with Gasteiger partial charge in [0.15, 0.2) is 0 Å². The van der Waals surface area contributed by atoms with E-state index in [4.69, 9.17) is 23.2 Å². The average molecular weight is 451 g/mol. The van der Waals surface area contributed by atoms with Crippen molar-refractivity contribution in [3.05, 3.63) is 52.5 Å². The molecule has 2 N–H and O–H groups in total. The minimum absolute atomic E-state index is 0.111. The van der Waals surface area contributed by atoms with E-state index in [1.54, 1.807) is 18.2 Å². The van der Waals surface area contributed by atoms with Crippen LogP contribution in [0.1, 0.15) is 39.0 Å². The molecule has 154 valence electrons. The molecule has 3 rings (SSSR count). The molecular formula is C22H24Cl2N2O2S. The third-order valence-electron chi connectivity index (χ3n) is 4.97. The van der Waals surface area contributed by atoms with E-state index in [1.165, 1.54) is 18.2 Å². The summed E-state index contributed by atoms with van der Waals surface area (Å²) >= 11 is 13.3. The van der Waals surface area contributed by atoms with E-state index in [9.17, 15) is 9.59 Å². The second kappa shape index (κ2) is 10.4. The van der Waals surface area contributed by atoms with Gasteiger partial charge in [0.2, 0.25) is 11.8 Å². The predicted octanol–water partition coefficient (Wildman–Crippen LogP) is 6.63. The zero-order valence-corrected chi connectivity index (χ0v) is 18.5. The summed E-state index contributed by atoms with van der Waals surface area (Å²) in [5, 5.41) is 6.40. The van der Waals surface area contributed by atoms with Crippen LogP contribution in [0.2, 0.25) is 10.0 Å². The Morgan fingerprint density at radius 2 is 1.59 bits per heavy atom. The Balaban J connectivity index is 1.52. The molecule has 1 atom stereocenters. The van der Waals surface area contributed by atoms with E-state index in [0.717, 1.165) is 36.3 Å². The zero-order chi connectivity index (χ0) is 20.8. The Hall–Kier alpha value is -1.69. The van der Waals surface area contributed by atoms with Gasteiger partial charge in [0, 0.05) is 22.2 Å². The molecule has 0 aliphatic heterocycles. The van der Waals surface area contributed by atoms with Crippen molar-refractivity contribution in [1.29, 1.82) is 0 Å². The zero-order valence-electron chi connectivity index (χ0n) is 16.2. The number of amides is 2. The fourth-order valence-corrected chi connectivity index (χ4v) is 4.47. The van der Waals surface area contributed by atoms with Gasteiger partial charge < -0.3 is 10.6 Å². The molecule has 2 aromatic carbocycles. The number of benzene rings is 2. The highest BCUT2D eigenvalue weighted by atomic mass is 35.5. The van der Waals surface area contributed by atoms with Gasteiger partial charge >= 0.3 is 0 Å². The van der Waals surface area contributed by atoms with E-state index in [0.29, 0.717) is 15.7 Å². The van der Waals surface area contributed by atoms with Crippen molar-refractivity contribution >= 4 is 58.2 Å². The van der Waals surface area contributed by atoms with Crippen LogP contribution in [-0.4, -0.2) is 17.1 Å². The number of carbonyl (C=O) groups is 2. The quantitative estimate of drug-likeness (QED) is 0.485. The second-order valence-electron chi connectivity index (χ2n) is 7.23. The van der Waals surface area contributed by atoms with Crippen molar-refractivity contribution < 1.29 is 9.59 Å². The van der Waals surface area contributed by atoms with Gasteiger partial charge in [0.25, 0.3) is 0 Å². The monoisotopic (exact) mass is 450 g/mol. The highest BCUT2D eigenvalue weighted by molar-refractivity contribution is 8.00. The number of hydrogen-bond donors (Lipinski definition) is 2. The van der Waals surface area contributed by atoms with Crippen LogP contribution in [0.4, 0.5) is 11.4 Å². The number of halogens is 2. The maximum absolute atomic E-state index is 12.4. The van der Waals surface area contributed by atoms with Gasteiger partial charge in [-0.3, -0.25) is 9.59 Å². The van der Waals surface area contributed by atoms with Crippen LogP contribution in [-0.2, 0) is 9.59 Å². The summed E-state index contributed by atoms with van der Waals surface area (Å²) in [6, 6.07) is 12.6. The van der Waals surface area contributed by atoms with Crippen molar-refractivity contribution in [2.24, 2.45) is 5.92 Å². The van der Waals surface area contributed by atoms with Gasteiger partial charge in [0.05, 0.1) is 15.3 Å². The maximum Gasteiger partial charge on any atom is 0.237 e. The fraction of sp³-hybridized carbons (Fsp3) is 0.364. The molecule has 1 aliphatic carbocycles. The normalized spacial score (nSPS) is 15.6. The van der Waals surface area contributed by atoms with E-state index >= 15 is 0 Å². The summed E-state index contributed by atoms with van der Waals surface area (Å²) in [6.45, 7) is 1.84. The molecule has 1 aliphatic rings. The van der Waals surface area contributed by atoms with Crippen LogP contribution in [0.15, 0.2) is 47.4 Å². The SMILES string of the molecule is CC(Sc1ccc(NC(=O)C2CCCCC2)cc1)C(=O)Nc1ccc(Cl)c(Cl)c1. The van der Waals surface area contributed by atoms with Crippen molar-refractivity contribution in [1.82, 2.24) is 0 Å². The lowest BCUT2D eigenvalue weighted by Crippen LogP contribution is -2.24. The van der Waals surface area contributed by atoms with Crippen molar-refractivity contribution in [2.75, 3.05) is 10.6 Å². The Morgan fingerprint density at radius 3 is 2.24 bits per heavy atom. The van der Waals surface area contributed by atoms with Crippen LogP contribution >= 0.6 is 35.0 Å². The first-order chi connectivity index (χ1) is 13.9. The minimum atomic E-state index is -0.299. The first-order valence-electron chi connectivity index (χ1n) is 9.76. The molecule has 0 saturated heterocycles. The molecule has 1 saturated carbocycles. The molecule has 0 spiro atoms. The van der Waals surface area contributed by atoms with Crippen molar-refractivity contribution in [2.45, 2.75) is 49.2 Å². The summed E-state index contributed by atoms with van der Waals surface area (Å²) < 4.78 is 0. The van der Waals surface area contributed by atoms with Gasteiger partial charge in [0.1, 0.15) is 0 Å². The van der Waals surface area contributed by atoms with Crippen LogP contribution in [0.3, 0.4) is 0 Å². The molecule has 0 aromatic heterocycles. The molecule has 2 aromatic rings. The fourth-order valence-electron chi connectivity index (χ4n) is 3.30. The van der Waals surface area contributed by atoms with Crippen LogP contribution in [0.5, 0.6) is 0 Å². The smallest absolute Gasteiger partial charge is 0.237 e. The number of thioether (sulfide) groups is 1. The first kappa shape index (κ1) is 22.0. The van der Waals surface area contributed by atoms with E-state index in [1.807, 2.05) is 31.2 Å². The summed E-state index contributed by atoms with van der Waals surface area (Å²) in [7, 11) is 0. The second-order valence-corrected chi connectivity index (χ2v) is 9.46. The van der Waals surface area contributed by atoms with Gasteiger partial charge in [-0.15, -0.1) is 11.8 Å². The summed E-state index contributed by atoms with van der Waals surface area (Å²) in [4.78, 5) is 25.7. The van der Waals surface area contributed by atoms with E-state index < -0.39 is 0 Å². The lowest BCUT2D eigenvalue weighted by Gasteiger charge is -2.20. The highest BCUT2D eigenvalue weighted by Crippen LogP contribution is 2.29. The Morgan fingerprint density at radius 1 is 0.931 bits per heavy atom. The molecule has 1 fully saturated rings. The maximum atomic E-state index is 12.4. The molecule has 29 heavy (non-hydrogen) atoms. The molecule has 7 heteroatoms. The molecule has 0 heterocycles. The lowest BCUT2D eigenvalue weighted by molar-refractivity contribution is -0.120. The third kappa shape index (κ3) is 6.39. The molecule has 4 nitrogen and oxygen atoms in total. The van der Waals surface area contributed by atoms with Gasteiger partial charge in [-0.2, -0.15) is 0 Å². The Labute approximate surface area is 185 Å². The summed E-state index contributed by atoms with van der Waals surface area (Å²) in [5.41, 5.74) is 1.40.